The van der Waals surface area contributed by atoms with Gasteiger partial charge in [-0.05, 0) is 0 Å². The Balaban J connectivity index is 0.000000396. The molecule has 0 aliphatic rings. The summed E-state index contributed by atoms with van der Waals surface area (Å²) in [4.78, 5) is 8.23. The first-order chi connectivity index (χ1) is 6.42. The van der Waals surface area contributed by atoms with Gasteiger partial charge in [-0.2, -0.15) is 0 Å². The Morgan fingerprint density at radius 3 is 2.38 bits per heavy atom. The number of fused-ring (bicyclic) bond motifs is 1. The van der Waals surface area contributed by atoms with E-state index in [1.807, 2.05) is 37.7 Å². The van der Waals surface area contributed by atoms with Crippen LogP contribution in [-0.2, 0) is 0 Å². The summed E-state index contributed by atoms with van der Waals surface area (Å²) < 4.78 is 1.92. The highest BCUT2D eigenvalue weighted by molar-refractivity contribution is 5.61. The van der Waals surface area contributed by atoms with E-state index in [0.717, 1.165) is 11.5 Å². The maximum atomic E-state index is 4.13. The molecular formula is C9H14N4. The fraction of sp³-hybridized carbons (Fsp3) is 0.333. The molecule has 2 aromatic heterocycles. The van der Waals surface area contributed by atoms with Gasteiger partial charge in [-0.25, -0.2) is 9.97 Å². The number of hydrogen-bond acceptors (Lipinski definition) is 3. The van der Waals surface area contributed by atoms with Crippen LogP contribution in [0.15, 0.2) is 24.8 Å². The van der Waals surface area contributed by atoms with Crippen LogP contribution < -0.4 is 5.32 Å². The van der Waals surface area contributed by atoms with Crippen LogP contribution in [0, 0.1) is 0 Å². The first-order valence-electron chi connectivity index (χ1n) is 4.37. The molecule has 0 saturated carbocycles. The van der Waals surface area contributed by atoms with E-state index < -0.39 is 0 Å². The monoisotopic (exact) mass is 178 g/mol. The standard InChI is InChI=1S/C7H8N4.C2H6/c1-8-6-7-10-3-5-11(7)4-2-9-6;1-2/h2-5H,1H3,(H,8,9);1-2H3. The van der Waals surface area contributed by atoms with Crippen molar-refractivity contribution in [2.45, 2.75) is 13.8 Å². The molecule has 0 saturated heterocycles. The van der Waals surface area contributed by atoms with Gasteiger partial charge >= 0.3 is 0 Å². The zero-order valence-electron chi connectivity index (χ0n) is 8.15. The highest BCUT2D eigenvalue weighted by Gasteiger charge is 1.98. The second kappa shape index (κ2) is 4.45. The molecule has 0 unspecified atom stereocenters. The van der Waals surface area contributed by atoms with Crippen molar-refractivity contribution in [3.8, 4) is 0 Å². The van der Waals surface area contributed by atoms with Crippen molar-refractivity contribution in [3.63, 3.8) is 0 Å². The van der Waals surface area contributed by atoms with Crippen molar-refractivity contribution in [2.24, 2.45) is 0 Å². The molecule has 0 bridgehead atoms. The third-order valence-electron chi connectivity index (χ3n) is 1.55. The second-order valence-corrected chi connectivity index (χ2v) is 2.18. The summed E-state index contributed by atoms with van der Waals surface area (Å²) in [6.07, 6.45) is 7.24. The molecule has 0 fully saturated rings. The summed E-state index contributed by atoms with van der Waals surface area (Å²) in [5.41, 5.74) is 0.856. The average molecular weight is 178 g/mol. The van der Waals surface area contributed by atoms with E-state index in [9.17, 15) is 0 Å². The Bertz CT molecular complexity index is 366. The van der Waals surface area contributed by atoms with Crippen LogP contribution in [0.5, 0.6) is 0 Å². The molecule has 4 heteroatoms. The number of imidazole rings is 1. The molecule has 4 nitrogen and oxygen atoms in total. The molecule has 0 atom stereocenters. The van der Waals surface area contributed by atoms with Gasteiger partial charge in [-0.3, -0.25) is 0 Å². The van der Waals surface area contributed by atoms with Gasteiger partial charge in [0.15, 0.2) is 11.5 Å². The van der Waals surface area contributed by atoms with E-state index in [0.29, 0.717) is 0 Å². The van der Waals surface area contributed by atoms with Crippen molar-refractivity contribution in [1.29, 1.82) is 0 Å². The van der Waals surface area contributed by atoms with Gasteiger partial charge in [-0.15, -0.1) is 0 Å². The topological polar surface area (TPSA) is 42.2 Å². The highest BCUT2D eigenvalue weighted by Crippen LogP contribution is 2.08. The van der Waals surface area contributed by atoms with Gasteiger partial charge in [0.1, 0.15) is 0 Å². The quantitative estimate of drug-likeness (QED) is 0.724. The molecule has 0 aliphatic heterocycles. The van der Waals surface area contributed by atoms with Crippen molar-refractivity contribution >= 4 is 11.5 Å². The minimum absolute atomic E-state index is 0.803. The van der Waals surface area contributed by atoms with Gasteiger partial charge in [0, 0.05) is 31.8 Å². The maximum absolute atomic E-state index is 4.13. The van der Waals surface area contributed by atoms with E-state index >= 15 is 0 Å². The summed E-state index contributed by atoms with van der Waals surface area (Å²) in [7, 11) is 1.83. The number of aromatic nitrogens is 3. The molecule has 0 spiro atoms. The largest absolute Gasteiger partial charge is 0.370 e. The fourth-order valence-corrected chi connectivity index (χ4v) is 1.03. The zero-order valence-corrected chi connectivity index (χ0v) is 8.15. The van der Waals surface area contributed by atoms with Gasteiger partial charge in [0.2, 0.25) is 0 Å². The highest BCUT2D eigenvalue weighted by atomic mass is 15.1. The van der Waals surface area contributed by atoms with Crippen molar-refractivity contribution in [1.82, 2.24) is 14.4 Å². The Labute approximate surface area is 77.6 Å². The first kappa shape index (κ1) is 9.51. The minimum Gasteiger partial charge on any atom is -0.370 e. The lowest BCUT2D eigenvalue weighted by Crippen LogP contribution is -1.95. The third-order valence-corrected chi connectivity index (χ3v) is 1.55. The summed E-state index contributed by atoms with van der Waals surface area (Å²) in [6.45, 7) is 4.00. The number of rotatable bonds is 1. The molecule has 0 aliphatic carbocycles. The van der Waals surface area contributed by atoms with E-state index in [-0.39, 0.29) is 0 Å². The summed E-state index contributed by atoms with van der Waals surface area (Å²) >= 11 is 0. The zero-order chi connectivity index (χ0) is 9.68. The number of nitrogens with zero attached hydrogens (tertiary/aromatic N) is 3. The molecule has 0 aromatic carbocycles. The van der Waals surface area contributed by atoms with E-state index in [1.54, 1.807) is 12.4 Å². The van der Waals surface area contributed by atoms with E-state index in [1.165, 1.54) is 0 Å². The van der Waals surface area contributed by atoms with Crippen LogP contribution >= 0.6 is 0 Å². The Morgan fingerprint density at radius 1 is 1.15 bits per heavy atom. The van der Waals surface area contributed by atoms with Crippen LogP contribution in [0.4, 0.5) is 5.82 Å². The normalized spacial score (nSPS) is 9.15. The maximum Gasteiger partial charge on any atom is 0.180 e. The Morgan fingerprint density at radius 2 is 1.77 bits per heavy atom. The molecule has 0 radical (unpaired) electrons. The van der Waals surface area contributed by atoms with Gasteiger partial charge in [0.05, 0.1) is 0 Å². The van der Waals surface area contributed by atoms with Gasteiger partial charge in [0.25, 0.3) is 0 Å². The molecule has 2 heterocycles. The summed E-state index contributed by atoms with van der Waals surface area (Å²) in [5.74, 6) is 0.803. The Kier molecular flexibility index (Phi) is 3.25. The van der Waals surface area contributed by atoms with Crippen LogP contribution in [0.1, 0.15) is 13.8 Å². The number of nitrogens with one attached hydrogen (secondary N) is 1. The summed E-state index contributed by atoms with van der Waals surface area (Å²) in [5, 5.41) is 2.96. The molecule has 1 N–H and O–H groups in total. The SMILES string of the molecule is CC.CNc1nccn2ccnc12. The van der Waals surface area contributed by atoms with Crippen molar-refractivity contribution in [2.75, 3.05) is 12.4 Å². The van der Waals surface area contributed by atoms with Gasteiger partial charge < -0.3 is 9.72 Å². The lowest BCUT2D eigenvalue weighted by Gasteiger charge is -1.98. The predicted molar refractivity (Wildman–Crippen MR) is 53.9 cm³/mol. The molecule has 2 rings (SSSR count). The van der Waals surface area contributed by atoms with Crippen LogP contribution in [0.25, 0.3) is 5.65 Å². The van der Waals surface area contributed by atoms with Crippen molar-refractivity contribution < 1.29 is 0 Å². The van der Waals surface area contributed by atoms with Crippen LogP contribution in [-0.4, -0.2) is 21.4 Å². The van der Waals surface area contributed by atoms with Crippen LogP contribution in [0.3, 0.4) is 0 Å². The van der Waals surface area contributed by atoms with E-state index in [4.69, 9.17) is 0 Å². The molecule has 70 valence electrons. The van der Waals surface area contributed by atoms with Crippen LogP contribution in [0.2, 0.25) is 0 Å². The lowest BCUT2D eigenvalue weighted by molar-refractivity contribution is 1.12. The number of anilines is 1. The smallest absolute Gasteiger partial charge is 0.180 e. The first-order valence-corrected chi connectivity index (χ1v) is 4.37. The molecule has 0 amide bonds. The number of hydrogen-bond donors (Lipinski definition) is 1. The fourth-order valence-electron chi connectivity index (χ4n) is 1.03. The third kappa shape index (κ3) is 1.77. The predicted octanol–water partition coefficient (Wildman–Crippen LogP) is 1.80. The van der Waals surface area contributed by atoms with E-state index in [2.05, 4.69) is 15.3 Å². The van der Waals surface area contributed by atoms with Crippen molar-refractivity contribution in [3.05, 3.63) is 24.8 Å². The molecule has 13 heavy (non-hydrogen) atoms. The molecular weight excluding hydrogens is 164 g/mol. The second-order valence-electron chi connectivity index (χ2n) is 2.18. The average Bonchev–Trinajstić information content (AvgIpc) is 2.68. The lowest BCUT2D eigenvalue weighted by atomic mass is 10.6. The van der Waals surface area contributed by atoms with Gasteiger partial charge in [-0.1, -0.05) is 13.8 Å². The molecule has 2 aromatic rings. The minimum atomic E-state index is 0.803. The Hall–Kier alpha value is -1.58. The summed E-state index contributed by atoms with van der Waals surface area (Å²) in [6, 6.07) is 0.